The van der Waals surface area contributed by atoms with Crippen LogP contribution in [0.25, 0.3) is 0 Å². The molecule has 0 aromatic heterocycles. The number of aliphatic hydroxyl groups is 1. The second-order valence-corrected chi connectivity index (χ2v) is 3.16. The molecule has 0 heterocycles. The van der Waals surface area contributed by atoms with Gasteiger partial charge in [0.25, 0.3) is 0 Å². The van der Waals surface area contributed by atoms with Gasteiger partial charge in [-0.25, -0.2) is 4.39 Å². The van der Waals surface area contributed by atoms with Crippen molar-refractivity contribution < 1.29 is 9.50 Å². The van der Waals surface area contributed by atoms with E-state index >= 15 is 0 Å². The number of benzene rings is 1. The van der Waals surface area contributed by atoms with Crippen LogP contribution in [-0.2, 0) is 0 Å². The van der Waals surface area contributed by atoms with Gasteiger partial charge >= 0.3 is 0 Å². The number of hydrogen-bond acceptors (Lipinski definition) is 1. The predicted octanol–water partition coefficient (Wildman–Crippen LogP) is 3.00. The highest BCUT2D eigenvalue weighted by molar-refractivity contribution is 6.35. The predicted molar refractivity (Wildman–Crippen MR) is 47.4 cm³/mol. The highest BCUT2D eigenvalue weighted by Crippen LogP contribution is 2.27. The fraction of sp³-hybridized carbons (Fsp3) is 0.250. The fourth-order valence-electron chi connectivity index (χ4n) is 0.854. The van der Waals surface area contributed by atoms with Gasteiger partial charge in [0.05, 0.1) is 6.61 Å². The van der Waals surface area contributed by atoms with E-state index in [4.69, 9.17) is 28.3 Å². The van der Waals surface area contributed by atoms with E-state index in [-0.39, 0.29) is 10.6 Å². The number of halogens is 3. The summed E-state index contributed by atoms with van der Waals surface area (Å²) in [7, 11) is 0. The van der Waals surface area contributed by atoms with Crippen LogP contribution in [0.15, 0.2) is 18.2 Å². The first-order valence-electron chi connectivity index (χ1n) is 3.35. The summed E-state index contributed by atoms with van der Waals surface area (Å²) in [6.07, 6.45) is -1.44. The molecule has 0 aliphatic heterocycles. The molecule has 0 radical (unpaired) electrons. The van der Waals surface area contributed by atoms with Gasteiger partial charge in [0, 0.05) is 15.6 Å². The molecule has 1 aromatic carbocycles. The zero-order chi connectivity index (χ0) is 9.14. The van der Waals surface area contributed by atoms with E-state index in [1.54, 1.807) is 0 Å². The Bertz CT molecular complexity index is 278. The van der Waals surface area contributed by atoms with Crippen LogP contribution in [0.3, 0.4) is 0 Å². The minimum atomic E-state index is -1.44. The molecule has 1 N–H and O–H groups in total. The van der Waals surface area contributed by atoms with E-state index in [1.807, 2.05) is 0 Å². The second-order valence-electron chi connectivity index (χ2n) is 2.32. The van der Waals surface area contributed by atoms with Crippen LogP contribution in [-0.4, -0.2) is 11.7 Å². The van der Waals surface area contributed by atoms with Gasteiger partial charge in [-0.15, -0.1) is 0 Å². The van der Waals surface area contributed by atoms with Gasteiger partial charge < -0.3 is 5.11 Å². The quantitative estimate of drug-likeness (QED) is 0.793. The molecule has 0 fully saturated rings. The van der Waals surface area contributed by atoms with Gasteiger partial charge in [-0.1, -0.05) is 29.3 Å². The Kier molecular flexibility index (Phi) is 3.32. The third kappa shape index (κ3) is 2.09. The number of rotatable bonds is 2. The SMILES string of the molecule is OCC(F)c1ccc(Cl)cc1Cl. The van der Waals surface area contributed by atoms with Gasteiger partial charge in [0.15, 0.2) is 0 Å². The second kappa shape index (κ2) is 4.08. The molecule has 0 spiro atoms. The van der Waals surface area contributed by atoms with E-state index in [1.165, 1.54) is 18.2 Å². The number of aliphatic hydroxyl groups excluding tert-OH is 1. The molecular formula is C8H7Cl2FO. The average Bonchev–Trinajstić information content (AvgIpc) is 2.03. The van der Waals surface area contributed by atoms with Crippen molar-refractivity contribution in [1.29, 1.82) is 0 Å². The minimum absolute atomic E-state index is 0.240. The molecule has 0 saturated heterocycles. The van der Waals surface area contributed by atoms with Gasteiger partial charge in [0.1, 0.15) is 6.17 Å². The summed E-state index contributed by atoms with van der Waals surface area (Å²) in [4.78, 5) is 0. The molecule has 1 nitrogen and oxygen atoms in total. The van der Waals surface area contributed by atoms with Crippen molar-refractivity contribution in [1.82, 2.24) is 0 Å². The summed E-state index contributed by atoms with van der Waals surface area (Å²) in [5.41, 5.74) is 0.267. The smallest absolute Gasteiger partial charge is 0.150 e. The molecule has 4 heteroatoms. The first kappa shape index (κ1) is 9.78. The summed E-state index contributed by atoms with van der Waals surface area (Å²) >= 11 is 11.3. The molecule has 1 rings (SSSR count). The van der Waals surface area contributed by atoms with Crippen molar-refractivity contribution in [2.45, 2.75) is 6.17 Å². The topological polar surface area (TPSA) is 20.2 Å². The van der Waals surface area contributed by atoms with Crippen molar-refractivity contribution in [2.75, 3.05) is 6.61 Å². The maximum Gasteiger partial charge on any atom is 0.150 e. The summed E-state index contributed by atoms with van der Waals surface area (Å²) in [5.74, 6) is 0. The molecule has 1 atom stereocenters. The van der Waals surface area contributed by atoms with Crippen LogP contribution in [0.1, 0.15) is 11.7 Å². The molecular weight excluding hydrogens is 202 g/mol. The van der Waals surface area contributed by atoms with Crippen LogP contribution < -0.4 is 0 Å². The van der Waals surface area contributed by atoms with Crippen molar-refractivity contribution in [2.24, 2.45) is 0 Å². The lowest BCUT2D eigenvalue weighted by Gasteiger charge is -2.06. The van der Waals surface area contributed by atoms with E-state index in [0.717, 1.165) is 0 Å². The Morgan fingerprint density at radius 3 is 2.58 bits per heavy atom. The summed E-state index contributed by atoms with van der Waals surface area (Å²) in [5, 5.41) is 9.21. The molecule has 66 valence electrons. The van der Waals surface area contributed by atoms with Crippen LogP contribution in [0.5, 0.6) is 0 Å². The minimum Gasteiger partial charge on any atom is -0.393 e. The Balaban J connectivity index is 3.01. The monoisotopic (exact) mass is 208 g/mol. The zero-order valence-electron chi connectivity index (χ0n) is 6.10. The van der Waals surface area contributed by atoms with Crippen LogP contribution in [0.4, 0.5) is 4.39 Å². The zero-order valence-corrected chi connectivity index (χ0v) is 7.61. The molecule has 12 heavy (non-hydrogen) atoms. The van der Waals surface area contributed by atoms with E-state index < -0.39 is 12.8 Å². The lowest BCUT2D eigenvalue weighted by atomic mass is 10.1. The van der Waals surface area contributed by atoms with Gasteiger partial charge in [0.2, 0.25) is 0 Å². The summed E-state index contributed by atoms with van der Waals surface area (Å²) in [6, 6.07) is 4.44. The highest BCUT2D eigenvalue weighted by Gasteiger charge is 2.11. The number of alkyl halides is 1. The largest absolute Gasteiger partial charge is 0.393 e. The average molecular weight is 209 g/mol. The lowest BCUT2D eigenvalue weighted by molar-refractivity contribution is 0.180. The molecule has 0 aliphatic rings. The van der Waals surface area contributed by atoms with Crippen molar-refractivity contribution in [3.05, 3.63) is 33.8 Å². The normalized spacial score (nSPS) is 13.0. The highest BCUT2D eigenvalue weighted by atomic mass is 35.5. The third-order valence-electron chi connectivity index (χ3n) is 1.46. The van der Waals surface area contributed by atoms with Crippen LogP contribution >= 0.6 is 23.2 Å². The van der Waals surface area contributed by atoms with Crippen molar-refractivity contribution in [3.63, 3.8) is 0 Å². The van der Waals surface area contributed by atoms with Gasteiger partial charge in [-0.2, -0.15) is 0 Å². The first-order valence-corrected chi connectivity index (χ1v) is 4.10. The van der Waals surface area contributed by atoms with Gasteiger partial charge in [-0.3, -0.25) is 0 Å². The molecule has 0 amide bonds. The Hall–Kier alpha value is -0.310. The standard InChI is InChI=1S/C8H7Cl2FO/c9-5-1-2-6(7(10)3-5)8(11)4-12/h1-3,8,12H,4H2. The molecule has 0 aliphatic carbocycles. The van der Waals surface area contributed by atoms with Gasteiger partial charge in [-0.05, 0) is 12.1 Å². The summed E-state index contributed by atoms with van der Waals surface area (Å²) in [6.45, 7) is -0.568. The van der Waals surface area contributed by atoms with E-state index in [9.17, 15) is 4.39 Å². The lowest BCUT2D eigenvalue weighted by Crippen LogP contribution is -1.97. The fourth-order valence-corrected chi connectivity index (χ4v) is 1.38. The van der Waals surface area contributed by atoms with Crippen LogP contribution in [0.2, 0.25) is 10.0 Å². The molecule has 0 saturated carbocycles. The maximum absolute atomic E-state index is 12.9. The Labute approximate surface area is 79.7 Å². The molecule has 1 unspecified atom stereocenters. The van der Waals surface area contributed by atoms with Crippen molar-refractivity contribution >= 4 is 23.2 Å². The van der Waals surface area contributed by atoms with Crippen molar-refractivity contribution in [3.8, 4) is 0 Å². The Morgan fingerprint density at radius 2 is 2.08 bits per heavy atom. The Morgan fingerprint density at radius 1 is 1.42 bits per heavy atom. The van der Waals surface area contributed by atoms with Crippen LogP contribution in [0, 0.1) is 0 Å². The first-order chi connectivity index (χ1) is 5.65. The number of hydrogen-bond donors (Lipinski definition) is 1. The van der Waals surface area contributed by atoms with E-state index in [0.29, 0.717) is 5.02 Å². The van der Waals surface area contributed by atoms with E-state index in [2.05, 4.69) is 0 Å². The maximum atomic E-state index is 12.9. The molecule has 0 bridgehead atoms. The summed E-state index contributed by atoms with van der Waals surface area (Å²) < 4.78 is 12.9. The molecule has 1 aromatic rings. The third-order valence-corrected chi connectivity index (χ3v) is 2.02.